The molecule has 3 nitrogen and oxygen atoms in total. The maximum Gasteiger partial charge on any atom is 0.311 e. The smallest absolute Gasteiger partial charge is 0.311 e. The Hall–Kier alpha value is -0.899. The van der Waals surface area contributed by atoms with Crippen molar-refractivity contribution in [2.24, 2.45) is 0 Å². The van der Waals surface area contributed by atoms with Gasteiger partial charge in [0.2, 0.25) is 16.6 Å². The van der Waals surface area contributed by atoms with Crippen LogP contribution in [0.3, 0.4) is 0 Å². The number of hydrogen-bond donors (Lipinski definition) is 0. The third kappa shape index (κ3) is 14.0. The molecule has 0 fully saturated rings. The molecule has 2 rings (SSSR count). The molecule has 0 aliphatic carbocycles. The lowest BCUT2D eigenvalue weighted by Crippen LogP contribution is -2.58. The van der Waals surface area contributed by atoms with Gasteiger partial charge in [0.15, 0.2) is 16.6 Å². The van der Waals surface area contributed by atoms with Crippen molar-refractivity contribution in [3.05, 3.63) is 73.1 Å². The molecule has 0 N–H and O–H groups in total. The van der Waals surface area contributed by atoms with E-state index in [0.717, 1.165) is 0 Å². The van der Waals surface area contributed by atoms with E-state index in [1.54, 1.807) is 0 Å². The molecule has 0 amide bonds. The summed E-state index contributed by atoms with van der Waals surface area (Å²) in [4.78, 5) is 0. The van der Waals surface area contributed by atoms with Crippen LogP contribution in [-0.4, -0.2) is 49.9 Å². The van der Waals surface area contributed by atoms with Crippen LogP contribution in [0, 0.1) is 0 Å². The summed E-state index contributed by atoms with van der Waals surface area (Å²) >= 11 is 0. The molecule has 0 aromatic heterocycles. The fraction of sp³-hybridized carbons (Fsp3) is 0.529. The van der Waals surface area contributed by atoms with E-state index in [0.29, 0.717) is 0 Å². The standard InChI is InChI=1S/C28H50O3Si6.6CH4/c1-15-32(3,4)29-35(9,10)27-21-17-25(18-22-27)34(7,8)26-19-23-28(24-20-26)36(11,12)31-37(13,14)30-33(5,6)16-2;;;;;;/h15-24H,1-2H2,3-14H3;6*1H4. The first-order valence-corrected chi connectivity index (χ1v) is 30.9. The predicted molar refractivity (Wildman–Crippen MR) is 220 cm³/mol. The van der Waals surface area contributed by atoms with E-state index in [1.807, 2.05) is 11.4 Å². The van der Waals surface area contributed by atoms with Crippen LogP contribution >= 0.6 is 0 Å². The van der Waals surface area contributed by atoms with E-state index in [1.165, 1.54) is 20.7 Å². The van der Waals surface area contributed by atoms with Crippen molar-refractivity contribution in [1.29, 1.82) is 0 Å². The zero-order valence-electron chi connectivity index (χ0n) is 25.4. The molecule has 2 aromatic rings. The maximum atomic E-state index is 6.79. The molecular weight excluding hydrogens is 625 g/mol. The number of rotatable bonds is 12. The first-order chi connectivity index (χ1) is 16.7. The van der Waals surface area contributed by atoms with Crippen LogP contribution in [0.15, 0.2) is 73.1 Å². The van der Waals surface area contributed by atoms with Gasteiger partial charge in [0.25, 0.3) is 0 Å². The topological polar surface area (TPSA) is 27.7 Å². The lowest BCUT2D eigenvalue weighted by molar-refractivity contribution is 0.400. The molecule has 0 heterocycles. The van der Waals surface area contributed by atoms with Crippen molar-refractivity contribution < 1.29 is 12.3 Å². The minimum Gasteiger partial charge on any atom is -0.449 e. The predicted octanol–water partition coefficient (Wildman–Crippen LogP) is 9.76. The second-order valence-electron chi connectivity index (χ2n) is 13.1. The molecule has 0 saturated heterocycles. The fourth-order valence-corrected chi connectivity index (χ4v) is 26.5. The van der Waals surface area contributed by atoms with Gasteiger partial charge >= 0.3 is 8.56 Å². The molecule has 0 aliphatic rings. The Morgan fingerprint density at radius 3 is 0.977 bits per heavy atom. The van der Waals surface area contributed by atoms with Gasteiger partial charge in [0, 0.05) is 0 Å². The average molecular weight is 699 g/mol. The molecule has 0 aliphatic heterocycles. The Morgan fingerprint density at radius 1 is 0.419 bits per heavy atom. The van der Waals surface area contributed by atoms with Crippen molar-refractivity contribution >= 4 is 70.7 Å². The van der Waals surface area contributed by atoms with E-state index in [9.17, 15) is 0 Å². The van der Waals surface area contributed by atoms with Gasteiger partial charge in [-0.3, -0.25) is 0 Å². The summed E-state index contributed by atoms with van der Waals surface area (Å²) in [6, 6.07) is 18.6. The molecule has 9 heteroatoms. The van der Waals surface area contributed by atoms with Crippen LogP contribution in [-0.2, 0) is 12.3 Å². The summed E-state index contributed by atoms with van der Waals surface area (Å²) in [6.45, 7) is 35.2. The van der Waals surface area contributed by atoms with Crippen molar-refractivity contribution in [2.45, 2.75) is 123 Å². The van der Waals surface area contributed by atoms with Crippen molar-refractivity contribution in [3.8, 4) is 0 Å². The van der Waals surface area contributed by atoms with Gasteiger partial charge in [0.1, 0.15) is 8.07 Å². The van der Waals surface area contributed by atoms with E-state index in [4.69, 9.17) is 12.3 Å². The molecule has 0 atom stereocenters. The zero-order valence-corrected chi connectivity index (χ0v) is 31.4. The van der Waals surface area contributed by atoms with Crippen LogP contribution in [0.2, 0.25) is 78.6 Å². The second kappa shape index (κ2) is 18.3. The Bertz CT molecular complexity index is 1090. The Labute approximate surface area is 278 Å². The van der Waals surface area contributed by atoms with Crippen molar-refractivity contribution in [3.63, 3.8) is 0 Å². The summed E-state index contributed by atoms with van der Waals surface area (Å²) in [5.41, 5.74) is 4.03. The summed E-state index contributed by atoms with van der Waals surface area (Å²) in [7, 11) is -11.9. The summed E-state index contributed by atoms with van der Waals surface area (Å²) in [6.07, 6.45) is 0. The van der Waals surface area contributed by atoms with E-state index in [-0.39, 0.29) is 44.6 Å². The molecule has 252 valence electrons. The van der Waals surface area contributed by atoms with Crippen LogP contribution < -0.4 is 20.7 Å². The van der Waals surface area contributed by atoms with Gasteiger partial charge in [0.05, 0.1) is 0 Å². The summed E-state index contributed by atoms with van der Waals surface area (Å²) < 4.78 is 19.9. The first kappa shape index (κ1) is 51.7. The lowest BCUT2D eigenvalue weighted by Gasteiger charge is -2.38. The van der Waals surface area contributed by atoms with Gasteiger partial charge in [-0.1, -0.05) is 128 Å². The largest absolute Gasteiger partial charge is 0.449 e. The molecule has 0 radical (unpaired) electrons. The molecule has 0 spiro atoms. The zero-order chi connectivity index (χ0) is 28.5. The highest BCUT2D eigenvalue weighted by Gasteiger charge is 2.40. The van der Waals surface area contributed by atoms with Gasteiger partial charge in [-0.2, -0.15) is 0 Å². The third-order valence-corrected chi connectivity index (χ3v) is 28.3. The van der Waals surface area contributed by atoms with Crippen molar-refractivity contribution in [2.75, 3.05) is 0 Å². The molecule has 43 heavy (non-hydrogen) atoms. The maximum absolute atomic E-state index is 6.79. The van der Waals surface area contributed by atoms with Gasteiger partial charge < -0.3 is 12.3 Å². The Morgan fingerprint density at radius 2 is 0.674 bits per heavy atom. The quantitative estimate of drug-likeness (QED) is 0.207. The summed E-state index contributed by atoms with van der Waals surface area (Å²) in [5, 5.41) is 5.55. The Kier molecular flexibility index (Phi) is 22.0. The molecule has 0 unspecified atom stereocenters. The molecular formula is C34H74O3Si6. The highest BCUT2D eigenvalue weighted by Crippen LogP contribution is 2.21. The second-order valence-corrected chi connectivity index (χ2v) is 37.2. The summed E-state index contributed by atoms with van der Waals surface area (Å²) in [5.74, 6) is 0. The monoisotopic (exact) mass is 698 g/mol. The molecule has 2 aromatic carbocycles. The Balaban J connectivity index is -0.000000802. The van der Waals surface area contributed by atoms with Crippen LogP contribution in [0.5, 0.6) is 0 Å². The highest BCUT2D eigenvalue weighted by molar-refractivity contribution is 7.01. The lowest BCUT2D eigenvalue weighted by atomic mass is 10.3. The number of benzene rings is 2. The minimum atomic E-state index is -2.27. The van der Waals surface area contributed by atoms with E-state index < -0.39 is 49.9 Å². The molecule has 0 saturated carbocycles. The SMILES string of the molecule is C.C.C.C.C.C.C=C[Si](C)(C)O[Si](C)(C)O[Si](C)(C)c1ccc([Si](C)(C)c2ccc([Si](C)(C)O[Si](C)(C)C=C)cc2)cc1. The van der Waals surface area contributed by atoms with Gasteiger partial charge in [-0.15, -0.1) is 13.2 Å². The minimum absolute atomic E-state index is 0. The number of hydrogen-bond acceptors (Lipinski definition) is 3. The van der Waals surface area contributed by atoms with Crippen LogP contribution in [0.1, 0.15) is 44.6 Å². The van der Waals surface area contributed by atoms with Crippen LogP contribution in [0.4, 0.5) is 0 Å². The van der Waals surface area contributed by atoms with Crippen LogP contribution in [0.25, 0.3) is 0 Å². The highest BCUT2D eigenvalue weighted by atomic mass is 28.5. The van der Waals surface area contributed by atoms with Gasteiger partial charge in [-0.05, 0) is 75.8 Å². The van der Waals surface area contributed by atoms with E-state index in [2.05, 4.69) is 140 Å². The average Bonchev–Trinajstić information content (AvgIpc) is 2.77. The van der Waals surface area contributed by atoms with E-state index >= 15 is 0 Å². The van der Waals surface area contributed by atoms with Crippen molar-refractivity contribution in [1.82, 2.24) is 0 Å². The van der Waals surface area contributed by atoms with Gasteiger partial charge in [-0.25, -0.2) is 0 Å². The fourth-order valence-electron chi connectivity index (χ4n) is 4.87. The first-order valence-electron chi connectivity index (χ1n) is 13.3. The normalized spacial score (nSPS) is 12.0. The molecule has 0 bridgehead atoms. The third-order valence-electron chi connectivity index (χ3n) is 7.11.